The number of para-hydroxylation sites is 1. The molecule has 0 unspecified atom stereocenters. The smallest absolute Gasteiger partial charge is 0.124 e. The second kappa shape index (κ2) is 3.97. The van der Waals surface area contributed by atoms with Crippen LogP contribution >= 0.6 is 11.6 Å². The number of imidazole rings is 1. The summed E-state index contributed by atoms with van der Waals surface area (Å²) >= 11 is 6.34. The monoisotopic (exact) mass is 261 g/mol. The van der Waals surface area contributed by atoms with Gasteiger partial charge in [-0.3, -0.25) is 0 Å². The zero-order valence-electron chi connectivity index (χ0n) is 10.2. The van der Waals surface area contributed by atoms with E-state index in [4.69, 9.17) is 16.6 Å². The lowest BCUT2D eigenvalue weighted by Crippen LogP contribution is -2.18. The second-order valence-corrected chi connectivity index (χ2v) is 5.80. The molecule has 18 heavy (non-hydrogen) atoms. The summed E-state index contributed by atoms with van der Waals surface area (Å²) < 4.78 is 2.35. The number of halogens is 1. The normalized spacial score (nSPS) is 19.6. The van der Waals surface area contributed by atoms with Crippen LogP contribution in [0.1, 0.15) is 37.5 Å². The van der Waals surface area contributed by atoms with E-state index in [0.29, 0.717) is 12.1 Å². The quantitative estimate of drug-likeness (QED) is 0.915. The van der Waals surface area contributed by atoms with Gasteiger partial charge in [-0.25, -0.2) is 4.98 Å². The van der Waals surface area contributed by atoms with Crippen molar-refractivity contribution in [2.75, 3.05) is 0 Å². The van der Waals surface area contributed by atoms with Gasteiger partial charge in [0.05, 0.1) is 22.6 Å². The van der Waals surface area contributed by atoms with Gasteiger partial charge in [-0.15, -0.1) is 0 Å². The SMILES string of the molecule is Clc1cccc2nc(CNC3CC3)n(C3CC3)c12. The van der Waals surface area contributed by atoms with Gasteiger partial charge in [-0.1, -0.05) is 17.7 Å². The molecule has 1 N–H and O–H groups in total. The van der Waals surface area contributed by atoms with Gasteiger partial charge in [-0.2, -0.15) is 0 Å². The number of hydrogen-bond acceptors (Lipinski definition) is 2. The van der Waals surface area contributed by atoms with Gasteiger partial charge in [0, 0.05) is 12.1 Å². The molecule has 2 aromatic rings. The molecule has 0 aliphatic heterocycles. The van der Waals surface area contributed by atoms with Crippen molar-refractivity contribution in [1.82, 2.24) is 14.9 Å². The first-order chi connectivity index (χ1) is 8.83. The Morgan fingerprint density at radius 3 is 2.83 bits per heavy atom. The lowest BCUT2D eigenvalue weighted by Gasteiger charge is -2.08. The molecular weight excluding hydrogens is 246 g/mol. The zero-order valence-corrected chi connectivity index (χ0v) is 11.0. The third-order valence-corrected chi connectivity index (χ3v) is 4.08. The van der Waals surface area contributed by atoms with Gasteiger partial charge in [-0.05, 0) is 37.8 Å². The minimum absolute atomic E-state index is 0.617. The van der Waals surface area contributed by atoms with E-state index in [1.54, 1.807) is 0 Å². The van der Waals surface area contributed by atoms with E-state index in [9.17, 15) is 0 Å². The first kappa shape index (κ1) is 10.8. The van der Waals surface area contributed by atoms with Crippen LogP contribution in [-0.4, -0.2) is 15.6 Å². The molecule has 0 radical (unpaired) electrons. The highest BCUT2D eigenvalue weighted by atomic mass is 35.5. The molecule has 4 rings (SSSR count). The third-order valence-electron chi connectivity index (χ3n) is 3.77. The molecule has 0 saturated heterocycles. The van der Waals surface area contributed by atoms with E-state index in [-0.39, 0.29) is 0 Å². The van der Waals surface area contributed by atoms with Crippen LogP contribution in [0.5, 0.6) is 0 Å². The fraction of sp³-hybridized carbons (Fsp3) is 0.500. The highest BCUT2D eigenvalue weighted by molar-refractivity contribution is 6.35. The Kier molecular flexibility index (Phi) is 2.39. The van der Waals surface area contributed by atoms with E-state index >= 15 is 0 Å². The highest BCUT2D eigenvalue weighted by Crippen LogP contribution is 2.40. The Morgan fingerprint density at radius 2 is 2.11 bits per heavy atom. The Morgan fingerprint density at radius 1 is 1.28 bits per heavy atom. The van der Waals surface area contributed by atoms with Crippen molar-refractivity contribution in [3.8, 4) is 0 Å². The molecular formula is C14H16ClN3. The van der Waals surface area contributed by atoms with Crippen molar-refractivity contribution in [2.24, 2.45) is 0 Å². The number of aromatic nitrogens is 2. The van der Waals surface area contributed by atoms with Crippen LogP contribution in [0.15, 0.2) is 18.2 Å². The minimum atomic E-state index is 0.617. The molecule has 1 aromatic heterocycles. The van der Waals surface area contributed by atoms with Gasteiger partial charge in [0.2, 0.25) is 0 Å². The summed E-state index contributed by atoms with van der Waals surface area (Å²) in [4.78, 5) is 4.75. The maximum atomic E-state index is 6.34. The van der Waals surface area contributed by atoms with Crippen LogP contribution in [0.2, 0.25) is 5.02 Å². The molecule has 0 bridgehead atoms. The zero-order chi connectivity index (χ0) is 12.1. The van der Waals surface area contributed by atoms with Gasteiger partial charge in [0.1, 0.15) is 5.82 Å². The summed E-state index contributed by atoms with van der Waals surface area (Å²) in [6.07, 6.45) is 5.13. The summed E-state index contributed by atoms with van der Waals surface area (Å²) in [5, 5.41) is 4.37. The number of rotatable bonds is 4. The summed E-state index contributed by atoms with van der Waals surface area (Å²) in [5.41, 5.74) is 2.15. The van der Waals surface area contributed by atoms with E-state index in [2.05, 4.69) is 16.0 Å². The predicted molar refractivity (Wildman–Crippen MR) is 72.9 cm³/mol. The van der Waals surface area contributed by atoms with Crippen molar-refractivity contribution in [3.63, 3.8) is 0 Å². The Labute approximate surface area is 111 Å². The van der Waals surface area contributed by atoms with Gasteiger partial charge in [0.25, 0.3) is 0 Å². The number of fused-ring (bicyclic) bond motifs is 1. The molecule has 0 atom stereocenters. The van der Waals surface area contributed by atoms with Crippen LogP contribution in [-0.2, 0) is 6.54 Å². The molecule has 2 fully saturated rings. The summed E-state index contributed by atoms with van der Waals surface area (Å²) in [5.74, 6) is 1.15. The predicted octanol–water partition coefficient (Wildman–Crippen LogP) is 3.28. The van der Waals surface area contributed by atoms with Crippen LogP contribution < -0.4 is 5.32 Å². The van der Waals surface area contributed by atoms with Crippen molar-refractivity contribution >= 4 is 22.6 Å². The number of benzene rings is 1. The van der Waals surface area contributed by atoms with E-state index in [1.807, 2.05) is 12.1 Å². The van der Waals surface area contributed by atoms with Crippen molar-refractivity contribution in [2.45, 2.75) is 44.3 Å². The van der Waals surface area contributed by atoms with Crippen LogP contribution in [0.3, 0.4) is 0 Å². The summed E-state index contributed by atoms with van der Waals surface area (Å²) in [7, 11) is 0. The molecule has 1 aromatic carbocycles. The van der Waals surface area contributed by atoms with E-state index in [0.717, 1.165) is 28.4 Å². The molecule has 94 valence electrons. The molecule has 2 aliphatic rings. The fourth-order valence-corrected chi connectivity index (χ4v) is 2.79. The van der Waals surface area contributed by atoms with E-state index in [1.165, 1.54) is 25.7 Å². The molecule has 0 spiro atoms. The standard InChI is InChI=1S/C14H16ClN3/c15-11-2-1-3-12-14(11)18(10-6-7-10)13(17-12)8-16-9-4-5-9/h1-3,9-10,16H,4-8H2. The first-order valence-electron chi connectivity index (χ1n) is 6.71. The third kappa shape index (κ3) is 1.82. The maximum absolute atomic E-state index is 6.34. The minimum Gasteiger partial charge on any atom is -0.323 e. The van der Waals surface area contributed by atoms with Gasteiger partial charge >= 0.3 is 0 Å². The maximum Gasteiger partial charge on any atom is 0.124 e. The topological polar surface area (TPSA) is 29.9 Å². The van der Waals surface area contributed by atoms with Crippen LogP contribution in [0, 0.1) is 0 Å². The highest BCUT2D eigenvalue weighted by Gasteiger charge is 2.29. The molecule has 3 nitrogen and oxygen atoms in total. The fourth-order valence-electron chi connectivity index (χ4n) is 2.53. The van der Waals surface area contributed by atoms with Crippen molar-refractivity contribution < 1.29 is 0 Å². The number of hydrogen-bond donors (Lipinski definition) is 1. The first-order valence-corrected chi connectivity index (χ1v) is 7.09. The van der Waals surface area contributed by atoms with Crippen molar-refractivity contribution in [1.29, 1.82) is 0 Å². The molecule has 1 heterocycles. The molecule has 2 aliphatic carbocycles. The average molecular weight is 262 g/mol. The Hall–Kier alpha value is -1.06. The second-order valence-electron chi connectivity index (χ2n) is 5.39. The van der Waals surface area contributed by atoms with Gasteiger partial charge < -0.3 is 9.88 Å². The van der Waals surface area contributed by atoms with Crippen LogP contribution in [0.4, 0.5) is 0 Å². The molecule has 4 heteroatoms. The van der Waals surface area contributed by atoms with Crippen LogP contribution in [0.25, 0.3) is 11.0 Å². The largest absolute Gasteiger partial charge is 0.323 e. The summed E-state index contributed by atoms with van der Waals surface area (Å²) in [6.45, 7) is 0.867. The Balaban J connectivity index is 1.79. The lowest BCUT2D eigenvalue weighted by molar-refractivity contribution is 0.611. The van der Waals surface area contributed by atoms with E-state index < -0.39 is 0 Å². The molecule has 0 amide bonds. The van der Waals surface area contributed by atoms with Gasteiger partial charge in [0.15, 0.2) is 0 Å². The Bertz CT molecular complexity index is 596. The van der Waals surface area contributed by atoms with Crippen molar-refractivity contribution in [3.05, 3.63) is 29.0 Å². The number of nitrogens with zero attached hydrogens (tertiary/aromatic N) is 2. The number of nitrogens with one attached hydrogen (secondary N) is 1. The lowest BCUT2D eigenvalue weighted by atomic mass is 10.3. The molecule has 2 saturated carbocycles. The average Bonchev–Trinajstić information content (AvgIpc) is 3.25. The summed E-state index contributed by atoms with van der Waals surface area (Å²) in [6, 6.07) is 7.33.